The van der Waals surface area contributed by atoms with Crippen molar-refractivity contribution in [2.24, 2.45) is 0 Å². The molecule has 0 aliphatic carbocycles. The van der Waals surface area contributed by atoms with Crippen molar-refractivity contribution >= 4 is 15.9 Å². The third-order valence-corrected chi connectivity index (χ3v) is 3.69. The molecular weight excluding hydrogens is 196 g/mol. The Morgan fingerprint density at radius 1 is 1.29 bits per heavy atom. The maximum Gasteiger partial charge on any atom is 0.154 e. The van der Waals surface area contributed by atoms with Crippen molar-refractivity contribution in [3.8, 4) is 0 Å². The van der Waals surface area contributed by atoms with E-state index < -0.39 is 9.84 Å². The monoisotopic (exact) mass is 210 g/mol. The zero-order valence-electron chi connectivity index (χ0n) is 8.23. The van der Waals surface area contributed by atoms with Crippen LogP contribution in [0.4, 0.5) is 0 Å². The van der Waals surface area contributed by atoms with E-state index in [2.05, 4.69) is 6.58 Å². The summed E-state index contributed by atoms with van der Waals surface area (Å²) < 4.78 is 22.6. The van der Waals surface area contributed by atoms with Crippen molar-refractivity contribution in [3.05, 3.63) is 42.0 Å². The lowest BCUT2D eigenvalue weighted by Crippen LogP contribution is -2.06. The number of hydrogen-bond donors (Lipinski definition) is 0. The van der Waals surface area contributed by atoms with Crippen LogP contribution in [0.15, 0.2) is 30.8 Å². The van der Waals surface area contributed by atoms with Crippen molar-refractivity contribution in [3.63, 3.8) is 0 Å². The Balaban J connectivity index is 2.84. The molecule has 0 spiro atoms. The van der Waals surface area contributed by atoms with E-state index in [-0.39, 0.29) is 11.5 Å². The summed E-state index contributed by atoms with van der Waals surface area (Å²) >= 11 is 0. The Morgan fingerprint density at radius 3 is 2.29 bits per heavy atom. The van der Waals surface area contributed by atoms with Gasteiger partial charge in [0, 0.05) is 5.75 Å². The minimum atomic E-state index is -2.92. The van der Waals surface area contributed by atoms with E-state index in [1.807, 2.05) is 24.3 Å². The molecule has 0 bridgehead atoms. The molecular formula is C11H14O2S. The Labute approximate surface area is 85.2 Å². The molecule has 76 valence electrons. The second kappa shape index (κ2) is 4.42. The molecule has 0 N–H and O–H groups in total. The molecule has 0 saturated heterocycles. The quantitative estimate of drug-likeness (QED) is 0.764. The molecule has 0 aliphatic heterocycles. The van der Waals surface area contributed by atoms with Crippen molar-refractivity contribution in [1.29, 1.82) is 0 Å². The van der Waals surface area contributed by atoms with Crippen LogP contribution in [0.3, 0.4) is 0 Å². The standard InChI is InChI=1S/C11H14O2S/c1-3-10-5-7-11(8-6-10)9-14(12,13)4-2/h3,5-8H,1,4,9H2,2H3. The zero-order chi connectivity index (χ0) is 10.6. The van der Waals surface area contributed by atoms with Gasteiger partial charge in [-0.05, 0) is 11.1 Å². The summed E-state index contributed by atoms with van der Waals surface area (Å²) in [5, 5.41) is 0. The van der Waals surface area contributed by atoms with Gasteiger partial charge in [-0.1, -0.05) is 43.8 Å². The molecule has 0 unspecified atom stereocenters. The zero-order valence-corrected chi connectivity index (χ0v) is 9.05. The predicted octanol–water partition coefficient (Wildman–Crippen LogP) is 2.26. The summed E-state index contributed by atoms with van der Waals surface area (Å²) in [5.74, 6) is 0.317. The SMILES string of the molecule is C=Cc1ccc(CS(=O)(=O)CC)cc1. The number of rotatable bonds is 4. The van der Waals surface area contributed by atoms with Gasteiger partial charge in [-0.15, -0.1) is 0 Å². The van der Waals surface area contributed by atoms with E-state index in [0.29, 0.717) is 0 Å². The molecule has 1 aromatic carbocycles. The topological polar surface area (TPSA) is 34.1 Å². The highest BCUT2D eigenvalue weighted by Crippen LogP contribution is 2.09. The molecule has 0 fully saturated rings. The molecule has 0 aromatic heterocycles. The van der Waals surface area contributed by atoms with Crippen molar-refractivity contribution in [1.82, 2.24) is 0 Å². The normalized spacial score (nSPS) is 11.2. The Morgan fingerprint density at radius 2 is 1.86 bits per heavy atom. The van der Waals surface area contributed by atoms with Gasteiger partial charge in [0.15, 0.2) is 9.84 Å². The number of benzene rings is 1. The van der Waals surface area contributed by atoms with E-state index in [1.54, 1.807) is 13.0 Å². The van der Waals surface area contributed by atoms with E-state index >= 15 is 0 Å². The summed E-state index contributed by atoms with van der Waals surface area (Å²) in [6, 6.07) is 7.38. The highest BCUT2D eigenvalue weighted by Gasteiger charge is 2.07. The lowest BCUT2D eigenvalue weighted by Gasteiger charge is -2.01. The Kier molecular flexibility index (Phi) is 3.47. The van der Waals surface area contributed by atoms with Crippen LogP contribution in [0.2, 0.25) is 0 Å². The summed E-state index contributed by atoms with van der Waals surface area (Å²) in [5.41, 5.74) is 1.83. The lowest BCUT2D eigenvalue weighted by molar-refractivity contribution is 0.596. The van der Waals surface area contributed by atoms with Crippen molar-refractivity contribution in [2.45, 2.75) is 12.7 Å². The summed E-state index contributed by atoms with van der Waals surface area (Å²) in [7, 11) is -2.92. The lowest BCUT2D eigenvalue weighted by atomic mass is 10.1. The molecule has 14 heavy (non-hydrogen) atoms. The van der Waals surface area contributed by atoms with Gasteiger partial charge in [0.25, 0.3) is 0 Å². The first-order chi connectivity index (χ1) is 6.57. The van der Waals surface area contributed by atoms with Gasteiger partial charge in [-0.2, -0.15) is 0 Å². The van der Waals surface area contributed by atoms with Crippen molar-refractivity contribution < 1.29 is 8.42 Å². The maximum absolute atomic E-state index is 11.3. The number of hydrogen-bond acceptors (Lipinski definition) is 2. The molecule has 1 aromatic rings. The summed E-state index contributed by atoms with van der Waals surface area (Å²) in [6.07, 6.45) is 1.73. The molecule has 0 saturated carbocycles. The largest absolute Gasteiger partial charge is 0.229 e. The molecule has 1 rings (SSSR count). The van der Waals surface area contributed by atoms with Gasteiger partial charge in [0.1, 0.15) is 0 Å². The molecule has 0 aliphatic rings. The van der Waals surface area contributed by atoms with E-state index in [1.165, 1.54) is 0 Å². The third-order valence-electron chi connectivity index (χ3n) is 2.04. The van der Waals surface area contributed by atoms with Gasteiger partial charge >= 0.3 is 0 Å². The van der Waals surface area contributed by atoms with Gasteiger partial charge in [-0.3, -0.25) is 0 Å². The Hall–Kier alpha value is -1.09. The van der Waals surface area contributed by atoms with Gasteiger partial charge < -0.3 is 0 Å². The predicted molar refractivity (Wildman–Crippen MR) is 59.7 cm³/mol. The Bertz CT molecular complexity index is 401. The highest BCUT2D eigenvalue weighted by molar-refractivity contribution is 7.90. The van der Waals surface area contributed by atoms with Crippen LogP contribution in [0, 0.1) is 0 Å². The van der Waals surface area contributed by atoms with Crippen LogP contribution in [-0.2, 0) is 15.6 Å². The smallest absolute Gasteiger partial charge is 0.154 e. The van der Waals surface area contributed by atoms with Crippen LogP contribution < -0.4 is 0 Å². The fourth-order valence-electron chi connectivity index (χ4n) is 1.11. The maximum atomic E-state index is 11.3. The van der Waals surface area contributed by atoms with Crippen LogP contribution in [0.5, 0.6) is 0 Å². The fraction of sp³-hybridized carbons (Fsp3) is 0.273. The van der Waals surface area contributed by atoms with Gasteiger partial charge in [0.05, 0.1) is 5.75 Å². The van der Waals surface area contributed by atoms with Crippen LogP contribution in [0.1, 0.15) is 18.1 Å². The van der Waals surface area contributed by atoms with Crippen LogP contribution in [-0.4, -0.2) is 14.2 Å². The summed E-state index contributed by atoms with van der Waals surface area (Å²) in [6.45, 7) is 5.29. The molecule has 0 amide bonds. The number of sulfone groups is 1. The first kappa shape index (κ1) is 11.0. The minimum absolute atomic E-state index is 0.126. The first-order valence-corrected chi connectivity index (χ1v) is 6.31. The first-order valence-electron chi connectivity index (χ1n) is 4.49. The minimum Gasteiger partial charge on any atom is -0.229 e. The van der Waals surface area contributed by atoms with Crippen LogP contribution >= 0.6 is 0 Å². The fourth-order valence-corrected chi connectivity index (χ4v) is 2.01. The average Bonchev–Trinajstić information content (AvgIpc) is 2.19. The summed E-state index contributed by atoms with van der Waals surface area (Å²) in [4.78, 5) is 0. The molecule has 2 nitrogen and oxygen atoms in total. The molecule has 3 heteroatoms. The van der Waals surface area contributed by atoms with E-state index in [9.17, 15) is 8.42 Å². The van der Waals surface area contributed by atoms with Crippen LogP contribution in [0.25, 0.3) is 6.08 Å². The highest BCUT2D eigenvalue weighted by atomic mass is 32.2. The molecule has 0 heterocycles. The van der Waals surface area contributed by atoms with Gasteiger partial charge in [-0.25, -0.2) is 8.42 Å². The second-order valence-corrected chi connectivity index (χ2v) is 5.48. The molecule has 0 atom stereocenters. The molecule has 0 radical (unpaired) electrons. The second-order valence-electron chi connectivity index (χ2n) is 3.12. The van der Waals surface area contributed by atoms with Gasteiger partial charge in [0.2, 0.25) is 0 Å². The average molecular weight is 210 g/mol. The van der Waals surface area contributed by atoms with E-state index in [0.717, 1.165) is 11.1 Å². The van der Waals surface area contributed by atoms with Crippen molar-refractivity contribution in [2.75, 3.05) is 5.75 Å². The third kappa shape index (κ3) is 3.00. The van der Waals surface area contributed by atoms with E-state index in [4.69, 9.17) is 0 Å².